The monoisotopic (exact) mass is 482 g/mol. The lowest BCUT2D eigenvalue weighted by Crippen LogP contribution is -2.24. The second-order valence-electron chi connectivity index (χ2n) is 8.04. The Balaban J connectivity index is 1.33. The first-order valence-electron chi connectivity index (χ1n) is 11.1. The Hall–Kier alpha value is -4.30. The van der Waals surface area contributed by atoms with E-state index in [1.807, 2.05) is 79.7 Å². The van der Waals surface area contributed by atoms with Crippen LogP contribution in [0, 0.1) is 6.92 Å². The number of hydrogen-bond donors (Lipinski definition) is 1. The van der Waals surface area contributed by atoms with E-state index in [1.165, 1.54) is 15.9 Å². The van der Waals surface area contributed by atoms with Crippen molar-refractivity contribution in [2.24, 2.45) is 0 Å². The van der Waals surface area contributed by atoms with Crippen LogP contribution in [0.2, 0.25) is 0 Å². The Morgan fingerprint density at radius 2 is 1.77 bits per heavy atom. The molecule has 5 aromatic rings. The summed E-state index contributed by atoms with van der Waals surface area (Å²) >= 11 is 1.27. The highest BCUT2D eigenvalue weighted by molar-refractivity contribution is 7.15. The Morgan fingerprint density at radius 1 is 1.03 bits per heavy atom. The number of nitrogens with one attached hydrogen (secondary N) is 1. The number of ether oxygens (including phenoxy) is 1. The van der Waals surface area contributed by atoms with Crippen molar-refractivity contribution in [3.05, 3.63) is 116 Å². The third kappa shape index (κ3) is 5.28. The van der Waals surface area contributed by atoms with Crippen LogP contribution in [0.15, 0.2) is 83.7 Å². The minimum atomic E-state index is -0.266. The van der Waals surface area contributed by atoms with Crippen LogP contribution in [0.3, 0.4) is 0 Å². The summed E-state index contributed by atoms with van der Waals surface area (Å²) in [5, 5.41) is 7.21. The summed E-state index contributed by atoms with van der Waals surface area (Å²) in [6, 6.07) is 24.7. The van der Waals surface area contributed by atoms with E-state index >= 15 is 0 Å². The zero-order valence-electron chi connectivity index (χ0n) is 19.0. The molecule has 0 aliphatic rings. The second kappa shape index (κ2) is 9.90. The van der Waals surface area contributed by atoms with Crippen molar-refractivity contribution in [1.29, 1.82) is 0 Å². The number of carbonyl (C=O) groups is 1. The van der Waals surface area contributed by atoms with Gasteiger partial charge in [-0.25, -0.2) is 4.98 Å². The molecule has 0 saturated heterocycles. The van der Waals surface area contributed by atoms with Crippen LogP contribution in [0.4, 0.5) is 5.69 Å². The number of para-hydroxylation sites is 1. The number of carbonyl (C=O) groups excluding carboxylic acids is 1. The topological polar surface area (TPSA) is 85.6 Å². The van der Waals surface area contributed by atoms with E-state index in [1.54, 1.807) is 12.1 Å². The molecule has 0 fully saturated rings. The summed E-state index contributed by atoms with van der Waals surface area (Å²) in [7, 11) is 0. The van der Waals surface area contributed by atoms with Crippen LogP contribution in [0.25, 0.3) is 11.0 Å². The molecule has 0 atom stereocenters. The van der Waals surface area contributed by atoms with Gasteiger partial charge in [-0.3, -0.25) is 9.59 Å². The number of benzene rings is 3. The molecule has 0 aliphatic heterocycles. The number of anilines is 1. The number of rotatable bonds is 7. The molecular formula is C27H22N4O3S. The fourth-order valence-electron chi connectivity index (χ4n) is 3.58. The maximum atomic E-state index is 12.9. The first-order valence-corrected chi connectivity index (χ1v) is 11.9. The van der Waals surface area contributed by atoms with E-state index in [9.17, 15) is 9.59 Å². The second-order valence-corrected chi connectivity index (χ2v) is 9.05. The van der Waals surface area contributed by atoms with E-state index in [2.05, 4.69) is 15.4 Å². The SMILES string of the molecule is Cc1ccc(NC(=O)COc2ccccc2/C=c2\sc3nc(Cc4ccccc4)nn3c2=O)cc1. The standard InChI is InChI=1S/C27H22N4O3S/c1-18-11-13-21(14-12-18)28-25(32)17-34-22-10-6-5-9-20(22)16-23-26(33)31-27(35-23)29-24(30-31)15-19-7-3-2-4-8-19/h2-14,16H,15,17H2,1H3,(H,28,32)/b23-16-. The number of hydrogen-bond acceptors (Lipinski definition) is 6. The minimum Gasteiger partial charge on any atom is -0.483 e. The number of aryl methyl sites for hydroxylation is 1. The molecule has 2 heterocycles. The predicted molar refractivity (Wildman–Crippen MR) is 137 cm³/mol. The molecule has 0 bridgehead atoms. The maximum absolute atomic E-state index is 12.9. The Labute approximate surface area is 205 Å². The fourth-order valence-corrected chi connectivity index (χ4v) is 4.49. The molecule has 0 aliphatic carbocycles. The molecule has 0 spiro atoms. The van der Waals surface area contributed by atoms with Crippen LogP contribution in [0.5, 0.6) is 5.75 Å². The van der Waals surface area contributed by atoms with Crippen molar-refractivity contribution in [3.63, 3.8) is 0 Å². The molecule has 2 aromatic heterocycles. The number of nitrogens with zero attached hydrogens (tertiary/aromatic N) is 3. The smallest absolute Gasteiger partial charge is 0.291 e. The average Bonchev–Trinajstić information content (AvgIpc) is 3.38. The summed E-state index contributed by atoms with van der Waals surface area (Å²) in [5.41, 5.74) is 3.37. The predicted octanol–water partition coefficient (Wildman–Crippen LogP) is 3.62. The van der Waals surface area contributed by atoms with Gasteiger partial charge < -0.3 is 10.1 Å². The zero-order valence-corrected chi connectivity index (χ0v) is 19.8. The molecule has 0 saturated carbocycles. The molecular weight excluding hydrogens is 460 g/mol. The number of aromatic nitrogens is 3. The van der Waals surface area contributed by atoms with Crippen molar-refractivity contribution in [3.8, 4) is 5.75 Å². The van der Waals surface area contributed by atoms with Crippen LogP contribution >= 0.6 is 11.3 Å². The summed E-state index contributed by atoms with van der Waals surface area (Å²) in [5.74, 6) is 0.849. The van der Waals surface area contributed by atoms with Gasteiger partial charge in [-0.05, 0) is 36.8 Å². The van der Waals surface area contributed by atoms with Gasteiger partial charge in [0.25, 0.3) is 11.5 Å². The molecule has 5 rings (SSSR count). The van der Waals surface area contributed by atoms with Crippen molar-refractivity contribution >= 4 is 34.0 Å². The Kier molecular flexibility index (Phi) is 6.36. The number of amides is 1. The quantitative estimate of drug-likeness (QED) is 0.383. The summed E-state index contributed by atoms with van der Waals surface area (Å²) in [6.45, 7) is 1.83. The Morgan fingerprint density at radius 3 is 2.54 bits per heavy atom. The molecule has 7 nitrogen and oxygen atoms in total. The first kappa shape index (κ1) is 22.5. The van der Waals surface area contributed by atoms with Gasteiger partial charge in [-0.2, -0.15) is 4.52 Å². The molecule has 1 N–H and O–H groups in total. The van der Waals surface area contributed by atoms with Crippen molar-refractivity contribution < 1.29 is 9.53 Å². The van der Waals surface area contributed by atoms with Crippen molar-refractivity contribution in [2.75, 3.05) is 11.9 Å². The van der Waals surface area contributed by atoms with E-state index in [-0.39, 0.29) is 18.1 Å². The molecule has 0 radical (unpaired) electrons. The zero-order chi connectivity index (χ0) is 24.2. The molecule has 3 aromatic carbocycles. The minimum absolute atomic E-state index is 0.152. The number of fused-ring (bicyclic) bond motifs is 1. The Bertz CT molecular complexity index is 1590. The van der Waals surface area contributed by atoms with Gasteiger partial charge in [0, 0.05) is 17.7 Å². The van der Waals surface area contributed by atoms with Crippen LogP contribution in [-0.4, -0.2) is 27.1 Å². The normalized spacial score (nSPS) is 11.6. The third-order valence-electron chi connectivity index (χ3n) is 5.33. The van der Waals surface area contributed by atoms with E-state index < -0.39 is 0 Å². The maximum Gasteiger partial charge on any atom is 0.291 e. The lowest BCUT2D eigenvalue weighted by Gasteiger charge is -2.09. The van der Waals surface area contributed by atoms with Gasteiger partial charge in [-0.15, -0.1) is 5.10 Å². The summed E-state index contributed by atoms with van der Waals surface area (Å²) in [6.07, 6.45) is 2.31. The van der Waals surface area contributed by atoms with Gasteiger partial charge in [0.2, 0.25) is 4.96 Å². The van der Waals surface area contributed by atoms with Gasteiger partial charge in [-0.1, -0.05) is 77.6 Å². The molecule has 174 valence electrons. The molecule has 35 heavy (non-hydrogen) atoms. The lowest BCUT2D eigenvalue weighted by molar-refractivity contribution is -0.118. The fraction of sp³-hybridized carbons (Fsp3) is 0.111. The summed E-state index contributed by atoms with van der Waals surface area (Å²) in [4.78, 5) is 30.3. The first-order chi connectivity index (χ1) is 17.0. The largest absolute Gasteiger partial charge is 0.483 e. The highest BCUT2D eigenvalue weighted by atomic mass is 32.1. The van der Waals surface area contributed by atoms with Gasteiger partial charge in [0.1, 0.15) is 5.75 Å². The average molecular weight is 483 g/mol. The number of thiazole rings is 1. The summed E-state index contributed by atoms with van der Waals surface area (Å²) < 4.78 is 7.60. The van der Waals surface area contributed by atoms with E-state index in [4.69, 9.17) is 4.74 Å². The lowest BCUT2D eigenvalue weighted by atomic mass is 10.1. The third-order valence-corrected chi connectivity index (χ3v) is 6.29. The van der Waals surface area contributed by atoms with Crippen LogP contribution in [-0.2, 0) is 11.2 Å². The van der Waals surface area contributed by atoms with Gasteiger partial charge in [0.15, 0.2) is 12.4 Å². The highest BCUT2D eigenvalue weighted by Gasteiger charge is 2.12. The van der Waals surface area contributed by atoms with Crippen molar-refractivity contribution in [2.45, 2.75) is 13.3 Å². The molecule has 0 unspecified atom stereocenters. The highest BCUT2D eigenvalue weighted by Crippen LogP contribution is 2.19. The van der Waals surface area contributed by atoms with Crippen LogP contribution < -0.4 is 20.1 Å². The van der Waals surface area contributed by atoms with Gasteiger partial charge >= 0.3 is 0 Å². The molecule has 1 amide bonds. The van der Waals surface area contributed by atoms with Crippen molar-refractivity contribution in [1.82, 2.24) is 14.6 Å². The van der Waals surface area contributed by atoms with Crippen LogP contribution in [0.1, 0.15) is 22.5 Å². The van der Waals surface area contributed by atoms with E-state index in [0.29, 0.717) is 38.7 Å². The molecule has 8 heteroatoms. The van der Waals surface area contributed by atoms with E-state index in [0.717, 1.165) is 11.1 Å². The van der Waals surface area contributed by atoms with Gasteiger partial charge in [0.05, 0.1) is 4.53 Å².